The molecule has 3 N–H and O–H groups in total. The Morgan fingerprint density at radius 1 is 1.39 bits per heavy atom. The van der Waals surface area contributed by atoms with Crippen molar-refractivity contribution in [2.24, 2.45) is 5.73 Å². The van der Waals surface area contributed by atoms with Gasteiger partial charge in [0.15, 0.2) is 0 Å². The molecule has 5 heteroatoms. The Kier molecular flexibility index (Phi) is 4.35. The van der Waals surface area contributed by atoms with Gasteiger partial charge in [-0.15, -0.1) is 11.3 Å². The zero-order chi connectivity index (χ0) is 13.1. The summed E-state index contributed by atoms with van der Waals surface area (Å²) >= 11 is 7.32. The van der Waals surface area contributed by atoms with E-state index in [0.29, 0.717) is 5.02 Å². The zero-order valence-corrected chi connectivity index (χ0v) is 11.1. The Labute approximate surface area is 114 Å². The molecular formula is C13H13ClFNOS. The van der Waals surface area contributed by atoms with Crippen LogP contribution in [-0.2, 0) is 0 Å². The fourth-order valence-corrected chi connectivity index (χ4v) is 2.91. The summed E-state index contributed by atoms with van der Waals surface area (Å²) in [5.74, 6) is -0.792. The van der Waals surface area contributed by atoms with Gasteiger partial charge in [0.05, 0.1) is 6.10 Å². The van der Waals surface area contributed by atoms with Crippen molar-refractivity contribution in [1.29, 1.82) is 0 Å². The van der Waals surface area contributed by atoms with Crippen molar-refractivity contribution in [3.05, 3.63) is 57.0 Å². The Balaban J connectivity index is 2.34. The summed E-state index contributed by atoms with van der Waals surface area (Å²) in [7, 11) is 0. The van der Waals surface area contributed by atoms with E-state index in [-0.39, 0.29) is 18.0 Å². The number of hydrogen-bond acceptors (Lipinski definition) is 3. The Bertz CT molecular complexity index is 518. The van der Waals surface area contributed by atoms with Gasteiger partial charge in [0.1, 0.15) is 5.82 Å². The lowest BCUT2D eigenvalue weighted by molar-refractivity contribution is 0.144. The molecule has 0 radical (unpaired) electrons. The fourth-order valence-electron chi connectivity index (χ4n) is 1.86. The Morgan fingerprint density at radius 3 is 2.78 bits per heavy atom. The lowest BCUT2D eigenvalue weighted by atomic mass is 9.94. The molecule has 2 unspecified atom stereocenters. The molecule has 18 heavy (non-hydrogen) atoms. The van der Waals surface area contributed by atoms with Crippen molar-refractivity contribution in [2.45, 2.75) is 12.0 Å². The van der Waals surface area contributed by atoms with Crippen molar-refractivity contribution in [3.63, 3.8) is 0 Å². The van der Waals surface area contributed by atoms with Crippen molar-refractivity contribution in [1.82, 2.24) is 0 Å². The summed E-state index contributed by atoms with van der Waals surface area (Å²) in [6.45, 7) is 0.244. The monoisotopic (exact) mass is 285 g/mol. The highest BCUT2D eigenvalue weighted by Gasteiger charge is 2.25. The molecule has 0 saturated carbocycles. The second-order valence-corrected chi connectivity index (χ2v) is 5.38. The standard InChI is InChI=1S/C13H13ClFNOS/c14-8-3-4-11(15)9(6-8)13(17)10(7-16)12-2-1-5-18-12/h1-6,10,13,17H,7,16H2. The number of nitrogens with two attached hydrogens (primary N) is 1. The van der Waals surface area contributed by atoms with Gasteiger partial charge < -0.3 is 10.8 Å². The molecule has 2 aromatic rings. The minimum Gasteiger partial charge on any atom is -0.388 e. The van der Waals surface area contributed by atoms with Crippen molar-refractivity contribution < 1.29 is 9.50 Å². The van der Waals surface area contributed by atoms with Crippen LogP contribution >= 0.6 is 22.9 Å². The zero-order valence-electron chi connectivity index (χ0n) is 9.51. The third kappa shape index (κ3) is 2.72. The van der Waals surface area contributed by atoms with Crippen molar-refractivity contribution >= 4 is 22.9 Å². The average molecular weight is 286 g/mol. The van der Waals surface area contributed by atoms with Crippen LogP contribution in [0.25, 0.3) is 0 Å². The Morgan fingerprint density at radius 2 is 2.17 bits per heavy atom. The number of halogens is 2. The maximum atomic E-state index is 13.7. The van der Waals surface area contributed by atoms with Gasteiger partial charge in [-0.1, -0.05) is 17.7 Å². The number of hydrogen-bond donors (Lipinski definition) is 2. The highest BCUT2D eigenvalue weighted by atomic mass is 35.5. The number of aliphatic hydroxyl groups excluding tert-OH is 1. The molecule has 0 fully saturated rings. The van der Waals surface area contributed by atoms with E-state index in [4.69, 9.17) is 17.3 Å². The van der Waals surface area contributed by atoms with E-state index < -0.39 is 11.9 Å². The first-order valence-electron chi connectivity index (χ1n) is 5.50. The highest BCUT2D eigenvalue weighted by Crippen LogP contribution is 2.34. The van der Waals surface area contributed by atoms with Gasteiger partial charge in [-0.05, 0) is 29.6 Å². The van der Waals surface area contributed by atoms with E-state index in [0.717, 1.165) is 4.88 Å². The van der Waals surface area contributed by atoms with Gasteiger partial charge in [-0.25, -0.2) is 4.39 Å². The summed E-state index contributed by atoms with van der Waals surface area (Å²) in [4.78, 5) is 0.935. The van der Waals surface area contributed by atoms with E-state index in [1.54, 1.807) is 0 Å². The summed E-state index contributed by atoms with van der Waals surface area (Å²) in [6.07, 6.45) is -0.993. The maximum Gasteiger partial charge on any atom is 0.129 e. The molecule has 2 rings (SSSR count). The number of thiophene rings is 1. The van der Waals surface area contributed by atoms with Crippen LogP contribution in [0.4, 0.5) is 4.39 Å². The van der Waals surface area contributed by atoms with Gasteiger partial charge in [-0.2, -0.15) is 0 Å². The van der Waals surface area contributed by atoms with Crippen LogP contribution in [0.3, 0.4) is 0 Å². The number of rotatable bonds is 4. The molecular weight excluding hydrogens is 273 g/mol. The lowest BCUT2D eigenvalue weighted by Crippen LogP contribution is -2.20. The minimum absolute atomic E-state index is 0.186. The second-order valence-electron chi connectivity index (χ2n) is 3.97. The SMILES string of the molecule is NCC(c1cccs1)C(O)c1cc(Cl)ccc1F. The minimum atomic E-state index is -0.993. The molecule has 0 aliphatic heterocycles. The summed E-state index contributed by atoms with van der Waals surface area (Å²) < 4.78 is 13.7. The van der Waals surface area contributed by atoms with Crippen molar-refractivity contribution in [2.75, 3.05) is 6.54 Å². The van der Waals surface area contributed by atoms with Gasteiger partial charge in [0.25, 0.3) is 0 Å². The lowest BCUT2D eigenvalue weighted by Gasteiger charge is -2.21. The maximum absolute atomic E-state index is 13.7. The molecule has 0 saturated heterocycles. The summed E-state index contributed by atoms with van der Waals surface area (Å²) in [5.41, 5.74) is 5.87. The predicted octanol–water partition coefficient (Wildman–Crippen LogP) is 3.32. The van der Waals surface area contributed by atoms with E-state index in [1.807, 2.05) is 17.5 Å². The number of benzene rings is 1. The van der Waals surface area contributed by atoms with E-state index >= 15 is 0 Å². The molecule has 0 spiro atoms. The first-order valence-corrected chi connectivity index (χ1v) is 6.75. The van der Waals surface area contributed by atoms with Gasteiger partial charge in [0.2, 0.25) is 0 Å². The van der Waals surface area contributed by atoms with Crippen molar-refractivity contribution in [3.8, 4) is 0 Å². The summed E-state index contributed by atoms with van der Waals surface area (Å²) in [6, 6.07) is 7.91. The third-order valence-corrected chi connectivity index (χ3v) is 4.06. The molecule has 2 atom stereocenters. The molecule has 1 aromatic carbocycles. The first kappa shape index (κ1) is 13.5. The smallest absolute Gasteiger partial charge is 0.129 e. The van der Waals surface area contributed by atoms with E-state index in [9.17, 15) is 9.50 Å². The van der Waals surface area contributed by atoms with E-state index in [2.05, 4.69) is 0 Å². The molecule has 0 aliphatic rings. The molecule has 0 amide bonds. The normalized spacial score (nSPS) is 14.4. The molecule has 1 heterocycles. The Hall–Kier alpha value is -0.940. The topological polar surface area (TPSA) is 46.2 Å². The van der Waals surface area contributed by atoms with Crippen LogP contribution in [-0.4, -0.2) is 11.7 Å². The van der Waals surface area contributed by atoms with Crippen LogP contribution in [0.1, 0.15) is 22.5 Å². The molecule has 0 aliphatic carbocycles. The van der Waals surface area contributed by atoms with Gasteiger partial charge >= 0.3 is 0 Å². The van der Waals surface area contributed by atoms with Crippen LogP contribution in [0, 0.1) is 5.82 Å². The summed E-state index contributed by atoms with van der Waals surface area (Å²) in [5, 5.41) is 12.6. The van der Waals surface area contributed by atoms with E-state index in [1.165, 1.54) is 29.5 Å². The molecule has 0 bridgehead atoms. The van der Waals surface area contributed by atoms with Gasteiger partial charge in [0, 0.05) is 27.9 Å². The largest absolute Gasteiger partial charge is 0.388 e. The predicted molar refractivity (Wildman–Crippen MR) is 72.5 cm³/mol. The van der Waals surface area contributed by atoms with Gasteiger partial charge in [-0.3, -0.25) is 0 Å². The van der Waals surface area contributed by atoms with Crippen LogP contribution in [0.15, 0.2) is 35.7 Å². The highest BCUT2D eigenvalue weighted by molar-refractivity contribution is 7.10. The average Bonchev–Trinajstić information content (AvgIpc) is 2.87. The third-order valence-electron chi connectivity index (χ3n) is 2.82. The second kappa shape index (κ2) is 5.80. The first-order chi connectivity index (χ1) is 8.63. The number of aliphatic hydroxyl groups is 1. The molecule has 96 valence electrons. The molecule has 2 nitrogen and oxygen atoms in total. The quantitative estimate of drug-likeness (QED) is 0.905. The fraction of sp³-hybridized carbons (Fsp3) is 0.231. The van der Waals surface area contributed by atoms with Crippen LogP contribution in [0.2, 0.25) is 5.02 Å². The molecule has 1 aromatic heterocycles. The van der Waals surface area contributed by atoms with Crippen LogP contribution < -0.4 is 5.73 Å². The van der Waals surface area contributed by atoms with Crippen LogP contribution in [0.5, 0.6) is 0 Å².